The minimum absolute atomic E-state index is 0.136. The summed E-state index contributed by atoms with van der Waals surface area (Å²) in [5.41, 5.74) is 0.817. The molecule has 0 aliphatic heterocycles. The summed E-state index contributed by atoms with van der Waals surface area (Å²) in [6.07, 6.45) is 6.51. The minimum Gasteiger partial charge on any atom is -0.467 e. The van der Waals surface area contributed by atoms with Gasteiger partial charge in [-0.15, -0.1) is 0 Å². The molecule has 0 saturated heterocycles. The van der Waals surface area contributed by atoms with E-state index >= 15 is 0 Å². The fourth-order valence-electron chi connectivity index (χ4n) is 2.25. The molecular formula is C17H17N3O3S. The molecule has 2 aromatic heterocycles. The van der Waals surface area contributed by atoms with Crippen molar-refractivity contribution >= 4 is 16.1 Å². The van der Waals surface area contributed by atoms with Crippen LogP contribution in [0.5, 0.6) is 0 Å². The lowest BCUT2D eigenvalue weighted by atomic mass is 10.2. The molecule has 0 aliphatic carbocycles. The molecule has 0 amide bonds. The summed E-state index contributed by atoms with van der Waals surface area (Å²) < 4.78 is 34.0. The van der Waals surface area contributed by atoms with E-state index in [9.17, 15) is 8.42 Å². The van der Waals surface area contributed by atoms with Crippen LogP contribution in [0.2, 0.25) is 0 Å². The average molecular weight is 343 g/mol. The minimum atomic E-state index is -3.57. The van der Waals surface area contributed by atoms with Crippen LogP contribution < -0.4 is 4.72 Å². The Morgan fingerprint density at radius 3 is 2.67 bits per heavy atom. The van der Waals surface area contributed by atoms with Gasteiger partial charge in [0.1, 0.15) is 11.8 Å². The highest BCUT2D eigenvalue weighted by Gasteiger charge is 2.19. The Kier molecular flexibility index (Phi) is 4.93. The third-order valence-electron chi connectivity index (χ3n) is 3.43. The average Bonchev–Trinajstić information content (AvgIpc) is 3.28. The maximum Gasteiger partial charge on any atom is 0.233 e. The third-order valence-corrected chi connectivity index (χ3v) is 4.50. The number of benzene rings is 1. The standard InChI is InChI=1S/C17H17N3O3S/c21-24(22,13-9-15-6-2-1-3-7-15)19-14-16(17-8-4-12-23-17)20-11-5-10-18-20/h1-13,16,19H,14H2/b13-9+/t16-/m0/s1. The molecule has 0 radical (unpaired) electrons. The fourth-order valence-corrected chi connectivity index (χ4v) is 3.07. The Morgan fingerprint density at radius 2 is 2.00 bits per heavy atom. The summed E-state index contributed by atoms with van der Waals surface area (Å²) in [6.45, 7) is 0.136. The second-order valence-electron chi connectivity index (χ2n) is 5.12. The Labute approximate surface area is 140 Å². The molecule has 0 bridgehead atoms. The highest BCUT2D eigenvalue weighted by molar-refractivity contribution is 7.92. The van der Waals surface area contributed by atoms with E-state index in [-0.39, 0.29) is 12.6 Å². The van der Waals surface area contributed by atoms with Gasteiger partial charge < -0.3 is 4.42 Å². The zero-order valence-corrected chi connectivity index (χ0v) is 13.6. The van der Waals surface area contributed by atoms with Crippen LogP contribution in [0, 0.1) is 0 Å². The number of sulfonamides is 1. The Bertz CT molecular complexity index is 836. The van der Waals surface area contributed by atoms with Crippen molar-refractivity contribution in [3.63, 3.8) is 0 Å². The first-order valence-electron chi connectivity index (χ1n) is 7.39. The highest BCUT2D eigenvalue weighted by Crippen LogP contribution is 2.17. The molecule has 3 rings (SSSR count). The lowest BCUT2D eigenvalue weighted by Crippen LogP contribution is -2.30. The van der Waals surface area contributed by atoms with E-state index in [1.54, 1.807) is 47.6 Å². The predicted molar refractivity (Wildman–Crippen MR) is 91.5 cm³/mol. The molecule has 24 heavy (non-hydrogen) atoms. The van der Waals surface area contributed by atoms with E-state index < -0.39 is 10.0 Å². The van der Waals surface area contributed by atoms with Crippen molar-refractivity contribution in [3.8, 4) is 0 Å². The predicted octanol–water partition coefficient (Wildman–Crippen LogP) is 2.66. The van der Waals surface area contributed by atoms with Crippen molar-refractivity contribution < 1.29 is 12.8 Å². The number of furan rings is 1. The maximum atomic E-state index is 12.2. The molecule has 0 saturated carbocycles. The normalized spacial score (nSPS) is 13.3. The quantitative estimate of drug-likeness (QED) is 0.715. The van der Waals surface area contributed by atoms with Crippen LogP contribution in [-0.2, 0) is 10.0 Å². The van der Waals surface area contributed by atoms with E-state index in [1.165, 1.54) is 0 Å². The molecule has 0 aliphatic rings. The summed E-state index contributed by atoms with van der Waals surface area (Å²) >= 11 is 0. The molecule has 1 atom stereocenters. The lowest BCUT2D eigenvalue weighted by Gasteiger charge is -2.15. The largest absolute Gasteiger partial charge is 0.467 e. The van der Waals surface area contributed by atoms with Gasteiger partial charge in [0.05, 0.1) is 6.26 Å². The Morgan fingerprint density at radius 1 is 1.17 bits per heavy atom. The van der Waals surface area contributed by atoms with Crippen LogP contribution in [0.3, 0.4) is 0 Å². The molecule has 7 heteroatoms. The number of nitrogens with zero attached hydrogens (tertiary/aromatic N) is 2. The topological polar surface area (TPSA) is 77.1 Å². The number of hydrogen-bond acceptors (Lipinski definition) is 4. The lowest BCUT2D eigenvalue weighted by molar-refractivity contribution is 0.403. The van der Waals surface area contributed by atoms with E-state index in [0.29, 0.717) is 5.76 Å². The zero-order valence-electron chi connectivity index (χ0n) is 12.8. The van der Waals surface area contributed by atoms with Gasteiger partial charge >= 0.3 is 0 Å². The van der Waals surface area contributed by atoms with Crippen molar-refractivity contribution in [1.82, 2.24) is 14.5 Å². The van der Waals surface area contributed by atoms with E-state index in [1.807, 2.05) is 30.3 Å². The monoisotopic (exact) mass is 343 g/mol. The second kappa shape index (κ2) is 7.29. The van der Waals surface area contributed by atoms with Gasteiger partial charge in [-0.25, -0.2) is 13.1 Å². The third kappa shape index (κ3) is 4.21. The Hall–Kier alpha value is -2.64. The van der Waals surface area contributed by atoms with Crippen LogP contribution in [-0.4, -0.2) is 24.7 Å². The highest BCUT2D eigenvalue weighted by atomic mass is 32.2. The number of nitrogens with one attached hydrogen (secondary N) is 1. The SMILES string of the molecule is O=S(=O)(/C=C/c1ccccc1)NC[C@@H](c1ccco1)n1cccn1. The van der Waals surface area contributed by atoms with Crippen molar-refractivity contribution in [1.29, 1.82) is 0 Å². The first kappa shape index (κ1) is 16.2. The van der Waals surface area contributed by atoms with Gasteiger partial charge in [-0.1, -0.05) is 30.3 Å². The summed E-state index contributed by atoms with van der Waals surface area (Å²) in [7, 11) is -3.57. The second-order valence-corrected chi connectivity index (χ2v) is 6.78. The summed E-state index contributed by atoms with van der Waals surface area (Å²) in [5.74, 6) is 0.633. The van der Waals surface area contributed by atoms with Crippen LogP contribution in [0.15, 0.2) is 77.0 Å². The number of aromatic nitrogens is 2. The summed E-state index contributed by atoms with van der Waals surface area (Å²) in [5, 5.41) is 5.33. The van der Waals surface area contributed by atoms with Gasteiger partial charge in [-0.05, 0) is 29.8 Å². The molecule has 3 aromatic rings. The van der Waals surface area contributed by atoms with Crippen LogP contribution in [0.1, 0.15) is 17.4 Å². The molecule has 1 N–H and O–H groups in total. The maximum absolute atomic E-state index is 12.2. The number of hydrogen-bond donors (Lipinski definition) is 1. The van der Waals surface area contributed by atoms with Crippen molar-refractivity contribution in [3.05, 3.63) is 83.9 Å². The number of rotatable bonds is 7. The summed E-state index contributed by atoms with van der Waals surface area (Å²) in [4.78, 5) is 0. The van der Waals surface area contributed by atoms with E-state index in [0.717, 1.165) is 11.0 Å². The molecule has 2 heterocycles. The molecule has 0 fully saturated rings. The van der Waals surface area contributed by atoms with Gasteiger partial charge in [0.15, 0.2) is 0 Å². The molecule has 0 unspecified atom stereocenters. The zero-order chi connectivity index (χ0) is 16.8. The van der Waals surface area contributed by atoms with E-state index in [4.69, 9.17) is 4.42 Å². The fraction of sp³-hybridized carbons (Fsp3) is 0.118. The van der Waals surface area contributed by atoms with Crippen molar-refractivity contribution in [2.24, 2.45) is 0 Å². The van der Waals surface area contributed by atoms with E-state index in [2.05, 4.69) is 9.82 Å². The van der Waals surface area contributed by atoms with Crippen LogP contribution in [0.4, 0.5) is 0 Å². The summed E-state index contributed by atoms with van der Waals surface area (Å²) in [6, 6.07) is 14.2. The first-order valence-corrected chi connectivity index (χ1v) is 8.94. The van der Waals surface area contributed by atoms with Crippen LogP contribution >= 0.6 is 0 Å². The van der Waals surface area contributed by atoms with Crippen molar-refractivity contribution in [2.75, 3.05) is 6.54 Å². The molecular weight excluding hydrogens is 326 g/mol. The van der Waals surface area contributed by atoms with Gasteiger partial charge in [0.25, 0.3) is 0 Å². The van der Waals surface area contributed by atoms with Gasteiger partial charge in [-0.3, -0.25) is 4.68 Å². The molecule has 1 aromatic carbocycles. The first-order chi connectivity index (χ1) is 11.6. The smallest absolute Gasteiger partial charge is 0.233 e. The Balaban J connectivity index is 1.71. The molecule has 124 valence electrons. The van der Waals surface area contributed by atoms with Crippen molar-refractivity contribution in [2.45, 2.75) is 6.04 Å². The van der Waals surface area contributed by atoms with Gasteiger partial charge in [-0.2, -0.15) is 5.10 Å². The molecule has 0 spiro atoms. The van der Waals surface area contributed by atoms with Crippen LogP contribution in [0.25, 0.3) is 6.08 Å². The van der Waals surface area contributed by atoms with Gasteiger partial charge in [0, 0.05) is 24.3 Å². The molecule has 6 nitrogen and oxygen atoms in total. The van der Waals surface area contributed by atoms with Gasteiger partial charge in [0.2, 0.25) is 10.0 Å².